The van der Waals surface area contributed by atoms with Crippen LogP contribution in [0.5, 0.6) is 0 Å². The van der Waals surface area contributed by atoms with E-state index >= 15 is 0 Å². The number of hydrogen-bond donors (Lipinski definition) is 0. The summed E-state index contributed by atoms with van der Waals surface area (Å²) in [6.07, 6.45) is 9.07. The van der Waals surface area contributed by atoms with Crippen molar-refractivity contribution < 1.29 is 0 Å². The molecule has 2 nitrogen and oxygen atoms in total. The standard InChI is InChI=1S/C10H12N2/c1-4-6-10(5-2)12-8-9(3)7-11-12/h4-8H,1-2H2,3H3/b10-6+. The number of aryl methyl sites for hydroxylation is 1. The van der Waals surface area contributed by atoms with Gasteiger partial charge in [-0.25, -0.2) is 4.68 Å². The molecular formula is C10H12N2. The molecule has 0 spiro atoms. The second-order valence-electron chi connectivity index (χ2n) is 2.49. The second-order valence-corrected chi connectivity index (χ2v) is 2.49. The van der Waals surface area contributed by atoms with Crippen molar-refractivity contribution >= 4 is 5.70 Å². The summed E-state index contributed by atoms with van der Waals surface area (Å²) in [7, 11) is 0. The molecule has 0 aliphatic heterocycles. The van der Waals surface area contributed by atoms with Crippen LogP contribution in [0.15, 0.2) is 43.8 Å². The van der Waals surface area contributed by atoms with Crippen molar-refractivity contribution in [3.8, 4) is 0 Å². The molecule has 0 atom stereocenters. The minimum absolute atomic E-state index is 0.929. The Balaban J connectivity index is 3.02. The van der Waals surface area contributed by atoms with Crippen LogP contribution < -0.4 is 0 Å². The summed E-state index contributed by atoms with van der Waals surface area (Å²) in [4.78, 5) is 0. The first-order valence-corrected chi connectivity index (χ1v) is 3.74. The van der Waals surface area contributed by atoms with E-state index in [-0.39, 0.29) is 0 Å². The lowest BCUT2D eigenvalue weighted by molar-refractivity contribution is 0.910. The predicted molar refractivity (Wildman–Crippen MR) is 51.6 cm³/mol. The Morgan fingerprint density at radius 1 is 1.58 bits per heavy atom. The molecule has 0 unspecified atom stereocenters. The molecule has 62 valence electrons. The molecule has 0 aliphatic carbocycles. The van der Waals surface area contributed by atoms with E-state index in [1.807, 2.05) is 19.2 Å². The van der Waals surface area contributed by atoms with Crippen molar-refractivity contribution in [2.75, 3.05) is 0 Å². The van der Waals surface area contributed by atoms with Gasteiger partial charge in [-0.2, -0.15) is 5.10 Å². The van der Waals surface area contributed by atoms with E-state index in [2.05, 4.69) is 18.3 Å². The summed E-state index contributed by atoms with van der Waals surface area (Å²) in [5.41, 5.74) is 2.06. The van der Waals surface area contributed by atoms with Crippen molar-refractivity contribution in [1.82, 2.24) is 9.78 Å². The first-order valence-electron chi connectivity index (χ1n) is 3.74. The smallest absolute Gasteiger partial charge is 0.0639 e. The summed E-state index contributed by atoms with van der Waals surface area (Å²) >= 11 is 0. The van der Waals surface area contributed by atoms with Gasteiger partial charge in [-0.05, 0) is 24.6 Å². The van der Waals surface area contributed by atoms with Crippen molar-refractivity contribution in [3.05, 3.63) is 49.3 Å². The molecule has 0 fully saturated rings. The number of nitrogens with zero attached hydrogens (tertiary/aromatic N) is 2. The van der Waals surface area contributed by atoms with E-state index in [0.717, 1.165) is 11.3 Å². The maximum Gasteiger partial charge on any atom is 0.0639 e. The molecule has 1 aromatic rings. The van der Waals surface area contributed by atoms with Gasteiger partial charge in [0.1, 0.15) is 0 Å². The topological polar surface area (TPSA) is 17.8 Å². The molecule has 1 rings (SSSR count). The van der Waals surface area contributed by atoms with E-state index in [1.165, 1.54) is 0 Å². The van der Waals surface area contributed by atoms with Crippen molar-refractivity contribution in [2.45, 2.75) is 6.92 Å². The Labute approximate surface area is 72.5 Å². The number of rotatable bonds is 3. The van der Waals surface area contributed by atoms with Gasteiger partial charge in [-0.15, -0.1) is 0 Å². The highest BCUT2D eigenvalue weighted by molar-refractivity contribution is 5.57. The minimum atomic E-state index is 0.929. The highest BCUT2D eigenvalue weighted by atomic mass is 15.3. The molecule has 0 saturated carbocycles. The highest BCUT2D eigenvalue weighted by Gasteiger charge is 1.95. The SMILES string of the molecule is C=C/C=C(\C=C)n1cc(C)cn1. The van der Waals surface area contributed by atoms with Crippen LogP contribution in [-0.4, -0.2) is 9.78 Å². The number of allylic oxidation sites excluding steroid dienone is 4. The van der Waals surface area contributed by atoms with Gasteiger partial charge in [0.15, 0.2) is 0 Å². The van der Waals surface area contributed by atoms with Gasteiger partial charge >= 0.3 is 0 Å². The van der Waals surface area contributed by atoms with E-state index in [4.69, 9.17) is 0 Å². The third kappa shape index (κ3) is 1.72. The van der Waals surface area contributed by atoms with Crippen LogP contribution in [-0.2, 0) is 0 Å². The third-order valence-corrected chi connectivity index (χ3v) is 1.47. The van der Waals surface area contributed by atoms with Crippen molar-refractivity contribution in [2.24, 2.45) is 0 Å². The lowest BCUT2D eigenvalue weighted by Gasteiger charge is -1.98. The van der Waals surface area contributed by atoms with Crippen molar-refractivity contribution in [3.63, 3.8) is 0 Å². The zero-order valence-corrected chi connectivity index (χ0v) is 7.20. The van der Waals surface area contributed by atoms with Gasteiger partial charge in [0.2, 0.25) is 0 Å². The van der Waals surface area contributed by atoms with Crippen LogP contribution in [0.1, 0.15) is 5.56 Å². The van der Waals surface area contributed by atoms with Crippen LogP contribution in [0.4, 0.5) is 0 Å². The summed E-state index contributed by atoms with van der Waals surface area (Å²) in [5, 5.41) is 4.13. The van der Waals surface area contributed by atoms with E-state index < -0.39 is 0 Å². The normalized spacial score (nSPS) is 11.2. The molecule has 2 heteroatoms. The molecule has 0 bridgehead atoms. The maximum absolute atomic E-state index is 4.13. The monoisotopic (exact) mass is 160 g/mol. The first-order chi connectivity index (χ1) is 5.77. The van der Waals surface area contributed by atoms with Gasteiger partial charge in [-0.3, -0.25) is 0 Å². The van der Waals surface area contributed by atoms with Crippen molar-refractivity contribution in [1.29, 1.82) is 0 Å². The van der Waals surface area contributed by atoms with E-state index in [1.54, 1.807) is 23.0 Å². The summed E-state index contributed by atoms with van der Waals surface area (Å²) in [6.45, 7) is 9.30. The second kappa shape index (κ2) is 3.72. The molecule has 1 heterocycles. The first kappa shape index (κ1) is 8.53. The lowest BCUT2D eigenvalue weighted by Crippen LogP contribution is -1.93. The Morgan fingerprint density at radius 2 is 2.33 bits per heavy atom. The predicted octanol–water partition coefficient (Wildman–Crippen LogP) is 2.40. The van der Waals surface area contributed by atoms with E-state index in [9.17, 15) is 0 Å². The zero-order valence-electron chi connectivity index (χ0n) is 7.20. The lowest BCUT2D eigenvalue weighted by atomic mass is 10.4. The fourth-order valence-corrected chi connectivity index (χ4v) is 0.913. The summed E-state index contributed by atoms with van der Waals surface area (Å²) in [5.74, 6) is 0. The molecule has 0 amide bonds. The van der Waals surface area contributed by atoms with Crippen LogP contribution in [0.3, 0.4) is 0 Å². The Kier molecular flexibility index (Phi) is 2.64. The fourth-order valence-electron chi connectivity index (χ4n) is 0.913. The molecule has 0 saturated heterocycles. The third-order valence-electron chi connectivity index (χ3n) is 1.47. The summed E-state index contributed by atoms with van der Waals surface area (Å²) < 4.78 is 1.77. The van der Waals surface area contributed by atoms with Gasteiger partial charge < -0.3 is 0 Å². The average Bonchev–Trinajstić information content (AvgIpc) is 2.47. The quantitative estimate of drug-likeness (QED) is 0.621. The Bertz CT molecular complexity index is 318. The van der Waals surface area contributed by atoms with Gasteiger partial charge in [-0.1, -0.05) is 19.2 Å². The van der Waals surface area contributed by atoms with Gasteiger partial charge in [0.25, 0.3) is 0 Å². The Morgan fingerprint density at radius 3 is 2.75 bits per heavy atom. The largest absolute Gasteiger partial charge is 0.241 e. The van der Waals surface area contributed by atoms with E-state index in [0.29, 0.717) is 0 Å². The van der Waals surface area contributed by atoms with Crippen LogP contribution >= 0.6 is 0 Å². The van der Waals surface area contributed by atoms with Crippen LogP contribution in [0, 0.1) is 6.92 Å². The molecule has 0 radical (unpaired) electrons. The number of hydrogen-bond acceptors (Lipinski definition) is 1. The fraction of sp³-hybridized carbons (Fsp3) is 0.100. The zero-order chi connectivity index (χ0) is 8.97. The Hall–Kier alpha value is -1.57. The van der Waals surface area contributed by atoms with Gasteiger partial charge in [0.05, 0.1) is 11.9 Å². The highest BCUT2D eigenvalue weighted by Crippen LogP contribution is 2.05. The molecule has 0 N–H and O–H groups in total. The van der Waals surface area contributed by atoms with Gasteiger partial charge in [0, 0.05) is 6.20 Å². The van der Waals surface area contributed by atoms with Crippen LogP contribution in [0.25, 0.3) is 5.70 Å². The molecule has 12 heavy (non-hydrogen) atoms. The molecule has 0 aliphatic rings. The summed E-state index contributed by atoms with van der Waals surface area (Å²) in [6, 6.07) is 0. The minimum Gasteiger partial charge on any atom is -0.241 e. The van der Waals surface area contributed by atoms with Crippen LogP contribution in [0.2, 0.25) is 0 Å². The molecule has 0 aromatic carbocycles. The maximum atomic E-state index is 4.13. The molecule has 1 aromatic heterocycles. The molecular weight excluding hydrogens is 148 g/mol. The number of aromatic nitrogens is 2. The average molecular weight is 160 g/mol.